The number of hydrogen-bond acceptors (Lipinski definition) is 2. The first-order chi connectivity index (χ1) is 29.8. The lowest BCUT2D eigenvalue weighted by molar-refractivity contribution is 1.10. The number of hydrogen-bond donors (Lipinski definition) is 0. The van der Waals surface area contributed by atoms with E-state index in [0.717, 1.165) is 41.3 Å². The van der Waals surface area contributed by atoms with Crippen molar-refractivity contribution >= 4 is 72.0 Å². The molecule has 10 aromatic carbocycles. The smallest absolute Gasteiger partial charge is 0.0468 e. The van der Waals surface area contributed by atoms with Crippen LogP contribution in [0.2, 0.25) is 0 Å². The average Bonchev–Trinajstić information content (AvgIpc) is 3.32. The summed E-state index contributed by atoms with van der Waals surface area (Å²) in [6.07, 6.45) is 4.26. The van der Waals surface area contributed by atoms with Gasteiger partial charge >= 0.3 is 0 Å². The molecule has 1 aliphatic carbocycles. The van der Waals surface area contributed by atoms with Crippen LogP contribution < -0.4 is 9.80 Å². The minimum atomic E-state index is 0.888. The average molecular weight is 767 g/mol. The van der Waals surface area contributed by atoms with Crippen molar-refractivity contribution in [1.29, 1.82) is 0 Å². The van der Waals surface area contributed by atoms with Crippen LogP contribution in [0, 0.1) is 0 Å². The summed E-state index contributed by atoms with van der Waals surface area (Å²) in [6, 6.07) is 81.5. The summed E-state index contributed by atoms with van der Waals surface area (Å²) in [5.74, 6) is 0. The largest absolute Gasteiger partial charge is 0.310 e. The molecule has 60 heavy (non-hydrogen) atoms. The summed E-state index contributed by atoms with van der Waals surface area (Å²) in [4.78, 5) is 4.68. The number of nitrogens with zero attached hydrogens (tertiary/aromatic N) is 2. The van der Waals surface area contributed by atoms with Gasteiger partial charge in [-0.25, -0.2) is 0 Å². The van der Waals surface area contributed by atoms with Crippen molar-refractivity contribution in [2.24, 2.45) is 0 Å². The summed E-state index contributed by atoms with van der Waals surface area (Å²) >= 11 is 0. The van der Waals surface area contributed by atoms with E-state index >= 15 is 0 Å². The number of allylic oxidation sites excluding steroid dienone is 2. The van der Waals surface area contributed by atoms with Gasteiger partial charge in [-0.05, 0) is 157 Å². The summed E-state index contributed by atoms with van der Waals surface area (Å²) in [7, 11) is 0. The highest BCUT2D eigenvalue weighted by molar-refractivity contribution is 6.19. The van der Waals surface area contributed by atoms with Crippen LogP contribution in [0.3, 0.4) is 0 Å². The van der Waals surface area contributed by atoms with Crippen LogP contribution in [0.15, 0.2) is 231 Å². The molecule has 0 spiro atoms. The fourth-order valence-corrected chi connectivity index (χ4v) is 9.33. The molecule has 0 heterocycles. The third-order valence-corrected chi connectivity index (χ3v) is 12.1. The third kappa shape index (κ3) is 6.40. The number of fused-ring (bicyclic) bond motifs is 4. The first-order valence-electron chi connectivity index (χ1n) is 20.9. The Hall–Kier alpha value is -7.68. The molecule has 0 unspecified atom stereocenters. The maximum absolute atomic E-state index is 2.48. The Morgan fingerprint density at radius 3 is 1.23 bits per heavy atom. The van der Waals surface area contributed by atoms with Crippen molar-refractivity contribution in [3.05, 3.63) is 247 Å². The van der Waals surface area contributed by atoms with Crippen LogP contribution in [0.25, 0.3) is 49.0 Å². The highest BCUT2D eigenvalue weighted by Crippen LogP contribution is 2.45. The van der Waals surface area contributed by atoms with E-state index in [1.54, 1.807) is 0 Å². The monoisotopic (exact) mass is 766 g/mol. The Kier molecular flexibility index (Phi) is 9.02. The van der Waals surface area contributed by atoms with E-state index < -0.39 is 0 Å². The molecule has 1 aliphatic rings. The molecule has 0 atom stereocenters. The maximum atomic E-state index is 2.48. The summed E-state index contributed by atoms with van der Waals surface area (Å²) < 4.78 is 0. The van der Waals surface area contributed by atoms with E-state index in [9.17, 15) is 0 Å². The second-order valence-electron chi connectivity index (χ2n) is 15.7. The maximum Gasteiger partial charge on any atom is 0.0468 e. The Morgan fingerprint density at radius 1 is 0.300 bits per heavy atom. The summed E-state index contributed by atoms with van der Waals surface area (Å²) in [5.41, 5.74) is 14.9. The fourth-order valence-electron chi connectivity index (χ4n) is 9.33. The molecule has 0 bridgehead atoms. The molecule has 0 saturated heterocycles. The highest BCUT2D eigenvalue weighted by atomic mass is 15.1. The summed E-state index contributed by atoms with van der Waals surface area (Å²) in [5, 5.41) is 7.60. The standard InChI is InChI=1S/C58H42N2/c1-5-17-47(18-6-1)59(48-19-7-2-8-20-48)51-35-33-41-37-45(31-29-43(41)39-51)57-53-25-13-15-27-55(53)58(56-28-16-14-26-54(56)57)46-32-30-44-40-52(36-34-42(44)38-46)60(49-21-9-3-10-22-49)50-23-11-4-12-24-50/h1-29,31-37,39-40H,30,38H2. The van der Waals surface area contributed by atoms with Gasteiger partial charge in [-0.3, -0.25) is 0 Å². The van der Waals surface area contributed by atoms with Gasteiger partial charge in [-0.1, -0.05) is 152 Å². The molecule has 284 valence electrons. The zero-order valence-electron chi connectivity index (χ0n) is 33.2. The molecule has 10 aromatic rings. The predicted octanol–water partition coefficient (Wildman–Crippen LogP) is 15.9. The van der Waals surface area contributed by atoms with Gasteiger partial charge < -0.3 is 9.80 Å². The number of anilines is 6. The molecule has 2 nitrogen and oxygen atoms in total. The van der Waals surface area contributed by atoms with E-state index in [1.807, 2.05) is 0 Å². The SMILES string of the molecule is C1=C(c2c3ccccc3c(-c3ccc4cc(N(c5ccccc5)c5ccccc5)ccc4c3)c3ccccc23)Cc2ccc(N(c3ccccc3)c3ccccc3)cc2C1. The lowest BCUT2D eigenvalue weighted by Crippen LogP contribution is -2.11. The molecule has 0 saturated carbocycles. The van der Waals surface area contributed by atoms with Gasteiger partial charge in [-0.2, -0.15) is 0 Å². The van der Waals surface area contributed by atoms with E-state index in [0.29, 0.717) is 0 Å². The number of para-hydroxylation sites is 4. The zero-order valence-corrected chi connectivity index (χ0v) is 33.2. The lowest BCUT2D eigenvalue weighted by atomic mass is 9.81. The lowest BCUT2D eigenvalue weighted by Gasteiger charge is -2.28. The van der Waals surface area contributed by atoms with Crippen LogP contribution >= 0.6 is 0 Å². The first kappa shape index (κ1) is 35.5. The third-order valence-electron chi connectivity index (χ3n) is 12.1. The molecule has 0 aliphatic heterocycles. The Balaban J connectivity index is 0.982. The molecule has 0 radical (unpaired) electrons. The zero-order chi connectivity index (χ0) is 39.8. The molecule has 0 amide bonds. The van der Waals surface area contributed by atoms with Crippen LogP contribution in [-0.2, 0) is 12.8 Å². The van der Waals surface area contributed by atoms with Crippen molar-refractivity contribution < 1.29 is 0 Å². The van der Waals surface area contributed by atoms with Crippen molar-refractivity contribution in [3.8, 4) is 11.1 Å². The van der Waals surface area contributed by atoms with Gasteiger partial charge in [0.1, 0.15) is 0 Å². The van der Waals surface area contributed by atoms with Crippen molar-refractivity contribution in [2.75, 3.05) is 9.80 Å². The van der Waals surface area contributed by atoms with Gasteiger partial charge in [0.05, 0.1) is 0 Å². The molecule has 0 aromatic heterocycles. The van der Waals surface area contributed by atoms with E-state index in [2.05, 4.69) is 240 Å². The molecule has 2 heteroatoms. The number of benzene rings is 10. The summed E-state index contributed by atoms with van der Waals surface area (Å²) in [6.45, 7) is 0. The van der Waals surface area contributed by atoms with Crippen molar-refractivity contribution in [2.45, 2.75) is 12.8 Å². The van der Waals surface area contributed by atoms with Crippen LogP contribution in [0.4, 0.5) is 34.1 Å². The molecular weight excluding hydrogens is 725 g/mol. The van der Waals surface area contributed by atoms with E-state index in [4.69, 9.17) is 0 Å². The van der Waals surface area contributed by atoms with Gasteiger partial charge in [-0.15, -0.1) is 0 Å². The quantitative estimate of drug-likeness (QED) is 0.142. The van der Waals surface area contributed by atoms with Crippen LogP contribution in [-0.4, -0.2) is 0 Å². The minimum Gasteiger partial charge on any atom is -0.310 e. The van der Waals surface area contributed by atoms with E-state index in [-0.39, 0.29) is 0 Å². The minimum absolute atomic E-state index is 0.888. The van der Waals surface area contributed by atoms with Gasteiger partial charge in [0.15, 0.2) is 0 Å². The van der Waals surface area contributed by atoms with E-state index in [1.165, 1.54) is 71.4 Å². The predicted molar refractivity (Wildman–Crippen MR) is 256 cm³/mol. The van der Waals surface area contributed by atoms with Crippen LogP contribution in [0.5, 0.6) is 0 Å². The Labute approximate surface area is 351 Å². The van der Waals surface area contributed by atoms with Crippen molar-refractivity contribution in [3.63, 3.8) is 0 Å². The Morgan fingerprint density at radius 2 is 0.717 bits per heavy atom. The molecular formula is C58H42N2. The van der Waals surface area contributed by atoms with Gasteiger partial charge in [0.2, 0.25) is 0 Å². The van der Waals surface area contributed by atoms with Gasteiger partial charge in [0.25, 0.3) is 0 Å². The number of rotatable bonds is 8. The van der Waals surface area contributed by atoms with Crippen LogP contribution in [0.1, 0.15) is 16.7 Å². The van der Waals surface area contributed by atoms with Gasteiger partial charge in [0, 0.05) is 34.1 Å². The first-order valence-corrected chi connectivity index (χ1v) is 20.9. The second-order valence-corrected chi connectivity index (χ2v) is 15.7. The molecule has 0 N–H and O–H groups in total. The van der Waals surface area contributed by atoms with Crippen molar-refractivity contribution in [1.82, 2.24) is 0 Å². The Bertz CT molecular complexity index is 3050. The molecule has 11 rings (SSSR count). The second kappa shape index (κ2) is 15.2. The topological polar surface area (TPSA) is 6.48 Å². The fraction of sp³-hybridized carbons (Fsp3) is 0.0345. The molecule has 0 fully saturated rings. The highest BCUT2D eigenvalue weighted by Gasteiger charge is 2.22. The normalized spacial score (nSPS) is 12.3.